The predicted molar refractivity (Wildman–Crippen MR) is 119 cm³/mol. The van der Waals surface area contributed by atoms with Crippen LogP contribution in [0.2, 0.25) is 0 Å². The highest BCUT2D eigenvalue weighted by Crippen LogP contribution is 2.32. The smallest absolute Gasteiger partial charge is 0.263 e. The number of benzene rings is 1. The normalized spacial score (nSPS) is 16.4. The van der Waals surface area contributed by atoms with E-state index in [-0.39, 0.29) is 28.3 Å². The van der Waals surface area contributed by atoms with E-state index in [0.717, 1.165) is 5.56 Å². The van der Waals surface area contributed by atoms with Crippen LogP contribution < -0.4 is 10.5 Å². The predicted octanol–water partition coefficient (Wildman–Crippen LogP) is 3.03. The van der Waals surface area contributed by atoms with Crippen LogP contribution >= 0.6 is 0 Å². The zero-order chi connectivity index (χ0) is 24.1. The summed E-state index contributed by atoms with van der Waals surface area (Å²) in [5.41, 5.74) is 0.305. The Morgan fingerprint density at radius 3 is 2.56 bits per heavy atom. The Balaban J connectivity index is 1.69. The number of fused-ring (bicyclic) bond motifs is 1. The molecule has 3 aromatic heterocycles. The minimum absolute atomic E-state index is 0.0267. The van der Waals surface area contributed by atoms with Crippen LogP contribution in [0.4, 0.5) is 19.0 Å². The maximum atomic E-state index is 14.8. The molecule has 0 amide bonds. The lowest BCUT2D eigenvalue weighted by Crippen LogP contribution is -2.39. The lowest BCUT2D eigenvalue weighted by atomic mass is 10.1. The van der Waals surface area contributed by atoms with E-state index in [1.165, 1.54) is 11.6 Å². The molecule has 0 radical (unpaired) electrons. The second kappa shape index (κ2) is 8.24. The number of aromatic nitrogens is 5. The monoisotopic (exact) mass is 470 g/mol. The van der Waals surface area contributed by atoms with Gasteiger partial charge in [-0.05, 0) is 13.0 Å². The SMILES string of the molecule is Cc1nc2cc(N3CCOC(c4cnn(C)c4)C3)nc(-c3cc(F)c(F)cc3F)c2c(=O)n1C. The third-order valence-electron chi connectivity index (χ3n) is 6.02. The van der Waals surface area contributed by atoms with Crippen molar-refractivity contribution in [2.45, 2.75) is 13.0 Å². The van der Waals surface area contributed by atoms with Gasteiger partial charge in [-0.2, -0.15) is 5.10 Å². The summed E-state index contributed by atoms with van der Waals surface area (Å²) >= 11 is 0. The van der Waals surface area contributed by atoms with Crippen molar-refractivity contribution in [2.75, 3.05) is 24.6 Å². The Labute approximate surface area is 192 Å². The zero-order valence-corrected chi connectivity index (χ0v) is 18.7. The molecule has 1 aromatic carbocycles. The number of rotatable bonds is 3. The van der Waals surface area contributed by atoms with Crippen molar-refractivity contribution in [3.8, 4) is 11.3 Å². The van der Waals surface area contributed by atoms with Crippen LogP contribution in [-0.2, 0) is 18.8 Å². The number of pyridine rings is 1. The Hall–Kier alpha value is -3.73. The highest BCUT2D eigenvalue weighted by Gasteiger charge is 2.27. The van der Waals surface area contributed by atoms with Gasteiger partial charge in [0.15, 0.2) is 11.6 Å². The molecule has 0 spiro atoms. The van der Waals surface area contributed by atoms with Crippen LogP contribution in [0.1, 0.15) is 17.5 Å². The summed E-state index contributed by atoms with van der Waals surface area (Å²) in [4.78, 5) is 24.1. The van der Waals surface area contributed by atoms with Crippen LogP contribution in [0.15, 0.2) is 35.4 Å². The molecule has 5 rings (SSSR count). The summed E-state index contributed by atoms with van der Waals surface area (Å²) in [5.74, 6) is -2.72. The number of anilines is 1. The molecule has 1 unspecified atom stereocenters. The molecule has 4 heterocycles. The van der Waals surface area contributed by atoms with Gasteiger partial charge in [-0.1, -0.05) is 0 Å². The van der Waals surface area contributed by atoms with Gasteiger partial charge < -0.3 is 9.64 Å². The van der Waals surface area contributed by atoms with E-state index in [1.807, 2.05) is 18.1 Å². The second-order valence-corrected chi connectivity index (χ2v) is 8.25. The molecular weight excluding hydrogens is 449 g/mol. The first-order chi connectivity index (χ1) is 16.2. The molecule has 1 atom stereocenters. The maximum Gasteiger partial charge on any atom is 0.263 e. The van der Waals surface area contributed by atoms with Crippen molar-refractivity contribution >= 4 is 16.7 Å². The molecule has 0 saturated carbocycles. The first-order valence-corrected chi connectivity index (χ1v) is 10.6. The van der Waals surface area contributed by atoms with Crippen LogP contribution in [0, 0.1) is 24.4 Å². The van der Waals surface area contributed by atoms with Gasteiger partial charge in [0.25, 0.3) is 5.56 Å². The molecule has 1 fully saturated rings. The van der Waals surface area contributed by atoms with Crippen LogP contribution in [0.3, 0.4) is 0 Å². The molecule has 0 aliphatic carbocycles. The molecule has 11 heteroatoms. The summed E-state index contributed by atoms with van der Waals surface area (Å²) in [6, 6.07) is 2.81. The van der Waals surface area contributed by atoms with E-state index in [1.54, 1.807) is 23.9 Å². The average Bonchev–Trinajstić information content (AvgIpc) is 3.25. The number of ether oxygens (including phenoxy) is 1. The topological polar surface area (TPSA) is 78.1 Å². The molecule has 1 aliphatic rings. The average molecular weight is 470 g/mol. The Morgan fingerprint density at radius 2 is 1.82 bits per heavy atom. The van der Waals surface area contributed by atoms with Gasteiger partial charge in [-0.3, -0.25) is 14.0 Å². The molecule has 176 valence electrons. The molecule has 8 nitrogen and oxygen atoms in total. The summed E-state index contributed by atoms with van der Waals surface area (Å²) < 4.78 is 51.4. The number of morpholine rings is 1. The standard InChI is InChI=1S/C23H21F3N6O2/c1-12-28-18-8-20(32-4-5-34-19(11-32)13-9-27-30(2)10-13)29-22(21(18)23(33)31(12)3)14-6-16(25)17(26)7-15(14)24/h6-10,19H,4-5,11H2,1-3H3. The van der Waals surface area contributed by atoms with Gasteiger partial charge in [-0.25, -0.2) is 23.1 Å². The molecule has 1 saturated heterocycles. The molecular formula is C23H21F3N6O2. The van der Waals surface area contributed by atoms with Crippen molar-refractivity contribution in [3.05, 3.63) is 69.8 Å². The van der Waals surface area contributed by atoms with Crippen molar-refractivity contribution in [3.63, 3.8) is 0 Å². The summed E-state index contributed by atoms with van der Waals surface area (Å²) in [7, 11) is 3.34. The fourth-order valence-corrected chi connectivity index (χ4v) is 4.11. The lowest BCUT2D eigenvalue weighted by molar-refractivity contribution is 0.0395. The Morgan fingerprint density at radius 1 is 1.06 bits per heavy atom. The van der Waals surface area contributed by atoms with E-state index in [4.69, 9.17) is 4.74 Å². The number of halogens is 3. The van der Waals surface area contributed by atoms with Gasteiger partial charge in [0.05, 0.1) is 29.4 Å². The van der Waals surface area contributed by atoms with E-state index < -0.39 is 23.0 Å². The van der Waals surface area contributed by atoms with Gasteiger partial charge in [0.2, 0.25) is 0 Å². The fourth-order valence-electron chi connectivity index (χ4n) is 4.11. The largest absolute Gasteiger partial charge is 0.370 e. The summed E-state index contributed by atoms with van der Waals surface area (Å²) in [6.07, 6.45) is 3.30. The number of hydrogen-bond acceptors (Lipinski definition) is 6. The maximum absolute atomic E-state index is 14.8. The number of aryl methyl sites for hydroxylation is 2. The van der Waals surface area contributed by atoms with E-state index in [2.05, 4.69) is 15.1 Å². The van der Waals surface area contributed by atoms with Crippen molar-refractivity contribution in [2.24, 2.45) is 14.1 Å². The van der Waals surface area contributed by atoms with Crippen LogP contribution in [0.25, 0.3) is 22.2 Å². The van der Waals surface area contributed by atoms with Crippen molar-refractivity contribution < 1.29 is 17.9 Å². The molecule has 0 N–H and O–H groups in total. The molecule has 34 heavy (non-hydrogen) atoms. The highest BCUT2D eigenvalue weighted by molar-refractivity contribution is 5.93. The van der Waals surface area contributed by atoms with Gasteiger partial charge in [0.1, 0.15) is 23.6 Å². The second-order valence-electron chi connectivity index (χ2n) is 8.25. The Kier molecular flexibility index (Phi) is 5.35. The quantitative estimate of drug-likeness (QED) is 0.429. The van der Waals surface area contributed by atoms with E-state index in [9.17, 15) is 18.0 Å². The third kappa shape index (κ3) is 3.71. The molecule has 0 bridgehead atoms. The lowest BCUT2D eigenvalue weighted by Gasteiger charge is -2.33. The van der Waals surface area contributed by atoms with E-state index >= 15 is 0 Å². The van der Waals surface area contributed by atoms with Crippen molar-refractivity contribution in [1.82, 2.24) is 24.3 Å². The molecule has 1 aliphatic heterocycles. The summed E-state index contributed by atoms with van der Waals surface area (Å²) in [6.45, 7) is 2.98. The fraction of sp³-hybridized carbons (Fsp3) is 0.304. The minimum Gasteiger partial charge on any atom is -0.370 e. The van der Waals surface area contributed by atoms with Gasteiger partial charge >= 0.3 is 0 Å². The third-order valence-corrected chi connectivity index (χ3v) is 6.02. The number of hydrogen-bond donors (Lipinski definition) is 0. The van der Waals surface area contributed by atoms with Crippen LogP contribution in [-0.4, -0.2) is 44.0 Å². The first kappa shape index (κ1) is 22.1. The van der Waals surface area contributed by atoms with Crippen molar-refractivity contribution in [1.29, 1.82) is 0 Å². The highest BCUT2D eigenvalue weighted by atomic mass is 19.2. The summed E-state index contributed by atoms with van der Waals surface area (Å²) in [5, 5.41) is 4.21. The Bertz CT molecular complexity index is 1480. The molecule has 4 aromatic rings. The number of nitrogens with zero attached hydrogens (tertiary/aromatic N) is 6. The first-order valence-electron chi connectivity index (χ1n) is 10.6. The zero-order valence-electron chi connectivity index (χ0n) is 18.7. The van der Waals surface area contributed by atoms with Crippen LogP contribution in [0.5, 0.6) is 0 Å². The minimum atomic E-state index is -1.32. The van der Waals surface area contributed by atoms with Gasteiger partial charge in [0, 0.05) is 56.6 Å². The van der Waals surface area contributed by atoms with E-state index in [0.29, 0.717) is 43.5 Å². The van der Waals surface area contributed by atoms with Gasteiger partial charge in [-0.15, -0.1) is 0 Å².